The zero-order chi connectivity index (χ0) is 10.1. The summed E-state index contributed by atoms with van der Waals surface area (Å²) in [6.07, 6.45) is 2.28. The summed E-state index contributed by atoms with van der Waals surface area (Å²) < 4.78 is 0. The van der Waals surface area contributed by atoms with Crippen LogP contribution in [-0.2, 0) is 4.79 Å². The summed E-state index contributed by atoms with van der Waals surface area (Å²) in [5.41, 5.74) is 0.450. The fourth-order valence-corrected chi connectivity index (χ4v) is 1.48. The Bertz CT molecular complexity index is 294. The molecule has 0 aromatic carbocycles. The van der Waals surface area contributed by atoms with E-state index in [0.717, 1.165) is 6.42 Å². The first kappa shape index (κ1) is 9.77. The van der Waals surface area contributed by atoms with Crippen molar-refractivity contribution in [3.63, 3.8) is 0 Å². The van der Waals surface area contributed by atoms with Crippen LogP contribution < -0.4 is 5.32 Å². The summed E-state index contributed by atoms with van der Waals surface area (Å²) in [4.78, 5) is 14.9. The van der Waals surface area contributed by atoms with Gasteiger partial charge in [0.2, 0.25) is 0 Å². The molecule has 0 saturated carbocycles. The van der Waals surface area contributed by atoms with Gasteiger partial charge in [-0.1, -0.05) is 6.92 Å². The van der Waals surface area contributed by atoms with Crippen molar-refractivity contribution in [1.29, 1.82) is 0 Å². The Balaban J connectivity index is 3.17. The normalized spacial score (nSPS) is 27.3. The third-order valence-electron chi connectivity index (χ3n) is 2.48. The zero-order valence-corrected chi connectivity index (χ0v) is 8.09. The van der Waals surface area contributed by atoms with E-state index in [0.29, 0.717) is 11.3 Å². The molecule has 0 fully saturated rings. The van der Waals surface area contributed by atoms with Crippen molar-refractivity contribution in [2.75, 3.05) is 0 Å². The lowest BCUT2D eigenvalue weighted by molar-refractivity contribution is -0.133. The van der Waals surface area contributed by atoms with Crippen molar-refractivity contribution >= 4 is 12.3 Å². The van der Waals surface area contributed by atoms with Crippen molar-refractivity contribution in [2.45, 2.75) is 32.7 Å². The third-order valence-corrected chi connectivity index (χ3v) is 2.48. The molecule has 0 radical (unpaired) electrons. The van der Waals surface area contributed by atoms with Crippen LogP contribution in [0.15, 0.2) is 16.3 Å². The van der Waals surface area contributed by atoms with Crippen LogP contribution in [0.25, 0.3) is 0 Å². The number of aliphatic imine (C=N–C) groups is 1. The van der Waals surface area contributed by atoms with Crippen molar-refractivity contribution in [3.8, 4) is 0 Å². The number of allylic oxidation sites excluding steroid dienone is 1. The largest absolute Gasteiger partial charge is 0.478 e. The lowest BCUT2D eigenvalue weighted by atomic mass is 9.87. The van der Waals surface area contributed by atoms with E-state index in [1.807, 2.05) is 13.8 Å². The Hall–Kier alpha value is -1.32. The Kier molecular flexibility index (Phi) is 2.40. The molecular weight excluding hydrogens is 168 g/mol. The van der Waals surface area contributed by atoms with Gasteiger partial charge in [0.15, 0.2) is 0 Å². The molecule has 0 spiro atoms. The number of carboxylic acids is 1. The standard InChI is InChI=1S/C9H14N2O2/c1-4-9(3)7(8(12)13)6(2)10-5-11-9/h5H,4H2,1-3H3,(H,10,11)(H,12,13). The molecule has 2 N–H and O–H groups in total. The van der Waals surface area contributed by atoms with E-state index >= 15 is 0 Å². The van der Waals surface area contributed by atoms with Crippen molar-refractivity contribution < 1.29 is 9.90 Å². The lowest BCUT2D eigenvalue weighted by Crippen LogP contribution is -2.47. The predicted molar refractivity (Wildman–Crippen MR) is 50.7 cm³/mol. The van der Waals surface area contributed by atoms with Crippen LogP contribution in [0, 0.1) is 0 Å². The maximum absolute atomic E-state index is 11.0. The highest BCUT2D eigenvalue weighted by atomic mass is 16.4. The number of nitrogens with zero attached hydrogens (tertiary/aromatic N) is 1. The quantitative estimate of drug-likeness (QED) is 0.673. The number of hydrogen-bond donors (Lipinski definition) is 2. The second-order valence-electron chi connectivity index (χ2n) is 3.35. The Labute approximate surface area is 77.4 Å². The Morgan fingerprint density at radius 2 is 2.38 bits per heavy atom. The van der Waals surface area contributed by atoms with Gasteiger partial charge in [0, 0.05) is 0 Å². The molecule has 0 bridgehead atoms. The summed E-state index contributed by atoms with van der Waals surface area (Å²) in [7, 11) is 0. The van der Waals surface area contributed by atoms with Gasteiger partial charge in [0.05, 0.1) is 23.1 Å². The van der Waals surface area contributed by atoms with Gasteiger partial charge in [-0.05, 0) is 20.3 Å². The fraction of sp³-hybridized carbons (Fsp3) is 0.556. The van der Waals surface area contributed by atoms with Crippen LogP contribution in [-0.4, -0.2) is 23.0 Å². The molecule has 1 aliphatic heterocycles. The van der Waals surface area contributed by atoms with Gasteiger partial charge in [-0.25, -0.2) is 9.79 Å². The van der Waals surface area contributed by atoms with Crippen LogP contribution in [0.1, 0.15) is 27.2 Å². The van der Waals surface area contributed by atoms with Crippen LogP contribution >= 0.6 is 0 Å². The molecule has 1 heterocycles. The van der Waals surface area contributed by atoms with Gasteiger partial charge < -0.3 is 10.4 Å². The van der Waals surface area contributed by atoms with Gasteiger partial charge in [0.1, 0.15) is 0 Å². The van der Waals surface area contributed by atoms with E-state index in [1.54, 1.807) is 13.3 Å². The van der Waals surface area contributed by atoms with E-state index in [2.05, 4.69) is 10.3 Å². The van der Waals surface area contributed by atoms with E-state index < -0.39 is 11.5 Å². The summed E-state index contributed by atoms with van der Waals surface area (Å²) in [5.74, 6) is -0.897. The second kappa shape index (κ2) is 3.20. The topological polar surface area (TPSA) is 61.7 Å². The van der Waals surface area contributed by atoms with E-state index in [9.17, 15) is 4.79 Å². The maximum atomic E-state index is 11.0. The zero-order valence-electron chi connectivity index (χ0n) is 8.09. The van der Waals surface area contributed by atoms with Crippen molar-refractivity contribution in [2.24, 2.45) is 4.99 Å². The van der Waals surface area contributed by atoms with Crippen LogP contribution in [0.4, 0.5) is 0 Å². The molecule has 0 aromatic heterocycles. The molecule has 4 heteroatoms. The van der Waals surface area contributed by atoms with Crippen LogP contribution in [0.5, 0.6) is 0 Å². The van der Waals surface area contributed by atoms with Crippen LogP contribution in [0.2, 0.25) is 0 Å². The molecule has 4 nitrogen and oxygen atoms in total. The summed E-state index contributed by atoms with van der Waals surface area (Å²) in [6.45, 7) is 5.53. The summed E-state index contributed by atoms with van der Waals surface area (Å²) >= 11 is 0. The van der Waals surface area contributed by atoms with E-state index in [-0.39, 0.29) is 0 Å². The first-order valence-corrected chi connectivity index (χ1v) is 4.26. The first-order valence-electron chi connectivity index (χ1n) is 4.26. The Morgan fingerprint density at radius 1 is 1.77 bits per heavy atom. The summed E-state index contributed by atoms with van der Waals surface area (Å²) in [5, 5.41) is 12.0. The molecule has 13 heavy (non-hydrogen) atoms. The highest BCUT2D eigenvalue weighted by Crippen LogP contribution is 2.26. The Morgan fingerprint density at radius 3 is 2.77 bits per heavy atom. The van der Waals surface area contributed by atoms with Gasteiger partial charge in [-0.15, -0.1) is 0 Å². The number of hydrogen-bond acceptors (Lipinski definition) is 3. The van der Waals surface area contributed by atoms with Gasteiger partial charge in [0.25, 0.3) is 0 Å². The number of rotatable bonds is 2. The first-order chi connectivity index (χ1) is 6.01. The predicted octanol–water partition coefficient (Wildman–Crippen LogP) is 1.15. The number of carbonyl (C=O) groups is 1. The maximum Gasteiger partial charge on any atom is 0.335 e. The molecule has 0 aromatic rings. The molecule has 1 unspecified atom stereocenters. The molecular formula is C9H14N2O2. The van der Waals surface area contributed by atoms with Gasteiger partial charge >= 0.3 is 5.97 Å². The minimum Gasteiger partial charge on any atom is -0.478 e. The molecule has 0 aliphatic carbocycles. The minimum atomic E-state index is -0.897. The third kappa shape index (κ3) is 1.56. The van der Waals surface area contributed by atoms with Crippen molar-refractivity contribution in [1.82, 2.24) is 5.32 Å². The smallest absolute Gasteiger partial charge is 0.335 e. The van der Waals surface area contributed by atoms with Crippen molar-refractivity contribution in [3.05, 3.63) is 11.3 Å². The van der Waals surface area contributed by atoms with Gasteiger partial charge in [-0.2, -0.15) is 0 Å². The number of carboxylic acid groups (broad SMARTS) is 1. The van der Waals surface area contributed by atoms with Gasteiger partial charge in [-0.3, -0.25) is 0 Å². The molecule has 0 saturated heterocycles. The average Bonchev–Trinajstić information content (AvgIpc) is 2.03. The second-order valence-corrected chi connectivity index (χ2v) is 3.35. The van der Waals surface area contributed by atoms with E-state index in [1.165, 1.54) is 0 Å². The SMILES string of the molecule is CCC1(C)NC=NC(C)=C1C(=O)O. The average molecular weight is 182 g/mol. The van der Waals surface area contributed by atoms with E-state index in [4.69, 9.17) is 5.11 Å². The molecule has 1 rings (SSSR count). The lowest BCUT2D eigenvalue weighted by Gasteiger charge is -2.32. The monoisotopic (exact) mass is 182 g/mol. The molecule has 1 aliphatic rings. The number of nitrogens with one attached hydrogen (secondary N) is 1. The minimum absolute atomic E-state index is 0.359. The highest BCUT2D eigenvalue weighted by molar-refractivity contribution is 5.92. The summed E-state index contributed by atoms with van der Waals surface area (Å²) in [6, 6.07) is 0. The fourth-order valence-electron chi connectivity index (χ4n) is 1.48. The number of aliphatic carboxylic acids is 1. The highest BCUT2D eigenvalue weighted by Gasteiger charge is 2.34. The molecule has 1 atom stereocenters. The van der Waals surface area contributed by atoms with Crippen LogP contribution in [0.3, 0.4) is 0 Å². The molecule has 72 valence electrons. The molecule has 0 amide bonds.